The quantitative estimate of drug-likeness (QED) is 0.0607. The van der Waals surface area contributed by atoms with Gasteiger partial charge in [-0.15, -0.1) is 0 Å². The van der Waals surface area contributed by atoms with Gasteiger partial charge >= 0.3 is 11.9 Å². The number of hydrogen-bond acceptors (Lipinski definition) is 17. The molecule has 0 amide bonds. The standard InChI is InChI=1S/C47H74O18/c1-9-21(2)39(60)65-37-36(57)47(20-50)23(16-42(37,3)4)22-10-11-26-43(5)14-13-28(44(6,19-49)25(43)12-15-45(26,7)46(22,8)17-27(47)51)62-41-33(56)34(32(55)35(64-41)38(58)59)63-40-31(54)30(53)29(52)24(18-48)61-40/h9-10,23-37,40-41,48-57H,11-20H2,1-8H3,(H,58,59)/b21-9+/t23-,24+,25+,26+,27-,28-,29+,30-,31-,32-,33+,34-,35-,36-,37-,40-,41+,43-,44-,45+,46+,47-/m0/s1. The SMILES string of the molecule is C/C=C(\C)C(=O)O[C@H]1[C@H](O)[C@]2(CO)[C@@H](O)C[C@]3(C)C(=CC[C@@H]4[C@@]5(C)CC[C@H](O[C@@H]6O[C@H](C(=O)O)[C@@H](O)[C@H](O[C@@H]7O[C@H](CO)[C@@H](O)[C@H](O)[C@@H]7O)[C@H]6O)[C@@](C)(CO)[C@@H]5CC[C@]43C)[C@@H]2CC1(C)C. The van der Waals surface area contributed by atoms with Crippen molar-refractivity contribution in [2.24, 2.45) is 50.2 Å². The lowest BCUT2D eigenvalue weighted by atomic mass is 9.33. The molecule has 11 N–H and O–H groups in total. The average molecular weight is 927 g/mol. The molecule has 0 bridgehead atoms. The van der Waals surface area contributed by atoms with E-state index in [2.05, 4.69) is 26.8 Å². The maximum atomic E-state index is 13.1. The van der Waals surface area contributed by atoms with Crippen molar-refractivity contribution in [3.8, 4) is 0 Å². The Labute approximate surface area is 380 Å². The van der Waals surface area contributed by atoms with Crippen molar-refractivity contribution in [1.29, 1.82) is 0 Å². The monoisotopic (exact) mass is 926 g/mol. The molecule has 0 unspecified atom stereocenters. The van der Waals surface area contributed by atoms with Gasteiger partial charge in [-0.1, -0.05) is 59.3 Å². The number of hydrogen-bond donors (Lipinski definition) is 11. The minimum absolute atomic E-state index is 0.0292. The summed E-state index contributed by atoms with van der Waals surface area (Å²) in [7, 11) is 0. The fraction of sp³-hybridized carbons (Fsp3) is 0.872. The second-order valence-corrected chi connectivity index (χ2v) is 22.1. The van der Waals surface area contributed by atoms with Crippen LogP contribution in [0.25, 0.3) is 0 Å². The largest absolute Gasteiger partial charge is 0.479 e. The van der Waals surface area contributed by atoms with Gasteiger partial charge in [0.25, 0.3) is 0 Å². The van der Waals surface area contributed by atoms with Crippen LogP contribution < -0.4 is 0 Å². The van der Waals surface area contributed by atoms with Crippen molar-refractivity contribution in [3.63, 3.8) is 0 Å². The third-order valence-corrected chi connectivity index (χ3v) is 18.7. The normalized spacial score (nSPS) is 51.9. The molecule has 7 aliphatic rings. The van der Waals surface area contributed by atoms with Gasteiger partial charge in [0.1, 0.15) is 54.9 Å². The first kappa shape index (κ1) is 50.7. The lowest BCUT2D eigenvalue weighted by molar-refractivity contribution is -0.366. The van der Waals surface area contributed by atoms with E-state index in [0.29, 0.717) is 44.1 Å². The molecule has 22 atom stereocenters. The van der Waals surface area contributed by atoms with Crippen LogP contribution in [0.15, 0.2) is 23.3 Å². The average Bonchev–Trinajstić information content (AvgIpc) is 3.25. The van der Waals surface area contributed by atoms with E-state index in [1.165, 1.54) is 0 Å². The number of carbonyl (C=O) groups is 2. The summed E-state index contributed by atoms with van der Waals surface area (Å²) in [6, 6.07) is 0. The van der Waals surface area contributed by atoms with Crippen molar-refractivity contribution in [2.45, 2.75) is 186 Å². The van der Waals surface area contributed by atoms with E-state index in [9.17, 15) is 65.8 Å². The number of carboxylic acid groups (broad SMARTS) is 1. The van der Waals surface area contributed by atoms with Crippen LogP contribution in [0.4, 0.5) is 0 Å². The number of ether oxygens (including phenoxy) is 5. The van der Waals surface area contributed by atoms with Gasteiger partial charge in [0.15, 0.2) is 18.7 Å². The van der Waals surface area contributed by atoms with Crippen molar-refractivity contribution < 1.29 is 89.4 Å². The summed E-state index contributed by atoms with van der Waals surface area (Å²) in [4.78, 5) is 25.5. The van der Waals surface area contributed by atoms with Crippen LogP contribution in [0.5, 0.6) is 0 Å². The number of allylic oxidation sites excluding steroid dienone is 3. The second-order valence-electron chi connectivity index (χ2n) is 22.1. The van der Waals surface area contributed by atoms with Crippen LogP contribution in [0.3, 0.4) is 0 Å². The highest BCUT2D eigenvalue weighted by Crippen LogP contribution is 2.76. The molecule has 18 heteroatoms. The Balaban J connectivity index is 1.16. The Hall–Kier alpha value is -2.14. The van der Waals surface area contributed by atoms with Gasteiger partial charge in [-0.3, -0.25) is 0 Å². The maximum Gasteiger partial charge on any atom is 0.335 e. The van der Waals surface area contributed by atoms with E-state index in [1.807, 2.05) is 20.8 Å². The zero-order chi connectivity index (χ0) is 48.1. The molecule has 0 aromatic heterocycles. The van der Waals surface area contributed by atoms with E-state index >= 15 is 0 Å². The number of aliphatic carboxylic acids is 1. The van der Waals surface area contributed by atoms with E-state index < -0.39 is 149 Å². The molecule has 0 spiro atoms. The lowest BCUT2D eigenvalue weighted by Gasteiger charge is -2.72. The molecular weight excluding hydrogens is 852 g/mol. The first-order chi connectivity index (χ1) is 30.3. The first-order valence-electron chi connectivity index (χ1n) is 23.3. The summed E-state index contributed by atoms with van der Waals surface area (Å²) in [5.74, 6) is -2.74. The number of carboxylic acids is 1. The minimum Gasteiger partial charge on any atom is -0.479 e. The highest BCUT2D eigenvalue weighted by molar-refractivity contribution is 5.87. The Morgan fingerprint density at radius 3 is 2.06 bits per heavy atom. The Morgan fingerprint density at radius 2 is 1.46 bits per heavy atom. The van der Waals surface area contributed by atoms with Crippen LogP contribution in [0.1, 0.15) is 100 Å². The predicted octanol–water partition coefficient (Wildman–Crippen LogP) is 0.284. The van der Waals surface area contributed by atoms with Gasteiger partial charge in [0.05, 0.1) is 37.4 Å². The molecule has 4 saturated carbocycles. The van der Waals surface area contributed by atoms with Crippen LogP contribution in [-0.2, 0) is 33.3 Å². The van der Waals surface area contributed by atoms with Crippen LogP contribution in [0, 0.1) is 50.2 Å². The Kier molecular flexibility index (Phi) is 13.8. The summed E-state index contributed by atoms with van der Waals surface area (Å²) < 4.78 is 29.3. The molecule has 2 aliphatic heterocycles. The summed E-state index contributed by atoms with van der Waals surface area (Å²) in [6.45, 7) is 14.2. The second kappa shape index (κ2) is 17.7. The van der Waals surface area contributed by atoms with E-state index in [1.54, 1.807) is 19.9 Å². The molecule has 6 fully saturated rings. The van der Waals surface area contributed by atoms with Crippen molar-refractivity contribution in [1.82, 2.24) is 0 Å². The first-order valence-corrected chi connectivity index (χ1v) is 23.3. The lowest BCUT2D eigenvalue weighted by Crippen LogP contribution is -2.72. The third kappa shape index (κ3) is 7.50. The van der Waals surface area contributed by atoms with E-state index in [-0.39, 0.29) is 24.9 Å². The highest BCUT2D eigenvalue weighted by atomic mass is 16.7. The summed E-state index contributed by atoms with van der Waals surface area (Å²) in [5, 5.41) is 121. The molecule has 0 radical (unpaired) electrons. The number of aliphatic hydroxyl groups is 10. The fourth-order valence-electron chi connectivity index (χ4n) is 14.5. The number of carbonyl (C=O) groups excluding carboxylic acids is 1. The predicted molar refractivity (Wildman–Crippen MR) is 227 cm³/mol. The number of fused-ring (bicyclic) bond motifs is 7. The number of rotatable bonds is 10. The fourth-order valence-corrected chi connectivity index (χ4v) is 14.5. The van der Waals surface area contributed by atoms with E-state index in [4.69, 9.17) is 23.7 Å². The number of esters is 1. The molecule has 2 heterocycles. The summed E-state index contributed by atoms with van der Waals surface area (Å²) in [5.41, 5.74) is -3.01. The summed E-state index contributed by atoms with van der Waals surface area (Å²) in [6.07, 6.45) is -14.9. The molecule has 65 heavy (non-hydrogen) atoms. The molecule has 7 rings (SSSR count). The molecule has 18 nitrogen and oxygen atoms in total. The zero-order valence-corrected chi connectivity index (χ0v) is 38.8. The van der Waals surface area contributed by atoms with E-state index in [0.717, 1.165) is 5.57 Å². The minimum atomic E-state index is -2.02. The topological polar surface area (TPSA) is 303 Å². The Morgan fingerprint density at radius 1 is 0.800 bits per heavy atom. The highest BCUT2D eigenvalue weighted by Gasteiger charge is 2.73. The van der Waals surface area contributed by atoms with Crippen molar-refractivity contribution >= 4 is 11.9 Å². The van der Waals surface area contributed by atoms with Crippen molar-refractivity contribution in [2.75, 3.05) is 19.8 Å². The number of aliphatic hydroxyl groups excluding tert-OH is 10. The van der Waals surface area contributed by atoms with Crippen molar-refractivity contribution in [3.05, 3.63) is 23.3 Å². The molecule has 0 aromatic rings. The van der Waals surface area contributed by atoms with Gasteiger partial charge in [0.2, 0.25) is 0 Å². The molecule has 370 valence electrons. The van der Waals surface area contributed by atoms with Crippen LogP contribution in [-0.4, -0.2) is 174 Å². The third-order valence-electron chi connectivity index (χ3n) is 18.7. The molecule has 0 aromatic carbocycles. The van der Waals surface area contributed by atoms with Gasteiger partial charge in [-0.05, 0) is 92.8 Å². The van der Waals surface area contributed by atoms with Gasteiger partial charge in [0, 0.05) is 16.4 Å². The van der Waals surface area contributed by atoms with Gasteiger partial charge in [-0.25, -0.2) is 9.59 Å². The summed E-state index contributed by atoms with van der Waals surface area (Å²) >= 11 is 0. The maximum absolute atomic E-state index is 13.1. The molecule has 2 saturated heterocycles. The molecule has 5 aliphatic carbocycles. The zero-order valence-electron chi connectivity index (χ0n) is 38.8. The van der Waals surface area contributed by atoms with Gasteiger partial charge < -0.3 is 79.9 Å². The van der Waals surface area contributed by atoms with Gasteiger partial charge in [-0.2, -0.15) is 0 Å². The van der Waals surface area contributed by atoms with Crippen LogP contribution in [0.2, 0.25) is 0 Å². The van der Waals surface area contributed by atoms with Crippen LogP contribution >= 0.6 is 0 Å². The smallest absolute Gasteiger partial charge is 0.335 e. The Bertz CT molecular complexity index is 1860. The molecular formula is C47H74O18.